The molecule has 0 saturated carbocycles. The number of nitrogens with one attached hydrogen (secondary N) is 3. The van der Waals surface area contributed by atoms with Gasteiger partial charge in [0.15, 0.2) is 0 Å². The van der Waals surface area contributed by atoms with Crippen molar-refractivity contribution in [2.45, 2.75) is 11.4 Å². The van der Waals surface area contributed by atoms with Crippen LogP contribution in [-0.2, 0) is 16.6 Å². The third-order valence-electron chi connectivity index (χ3n) is 4.65. The molecule has 0 unspecified atom stereocenters. The van der Waals surface area contributed by atoms with Gasteiger partial charge in [0.1, 0.15) is 0 Å². The van der Waals surface area contributed by atoms with Crippen molar-refractivity contribution >= 4 is 27.3 Å². The van der Waals surface area contributed by atoms with Crippen molar-refractivity contribution in [1.82, 2.24) is 14.6 Å². The molecule has 168 valence electrons. The summed E-state index contributed by atoms with van der Waals surface area (Å²) in [7, 11) is 0.339. The predicted octanol–water partition coefficient (Wildman–Crippen LogP) is 2.79. The number of likely N-dealkylation sites (N-methyl/N-ethyl adjacent to an activating group) is 1. The number of pyridine rings is 1. The van der Waals surface area contributed by atoms with Gasteiger partial charge >= 0.3 is 0 Å². The van der Waals surface area contributed by atoms with Crippen LogP contribution in [0.2, 0.25) is 0 Å². The molecule has 0 aliphatic rings. The van der Waals surface area contributed by atoms with Gasteiger partial charge in [-0.05, 0) is 68.2 Å². The lowest BCUT2D eigenvalue weighted by molar-refractivity contribution is 0.102. The van der Waals surface area contributed by atoms with Crippen LogP contribution >= 0.6 is 0 Å². The molecule has 8 nitrogen and oxygen atoms in total. The molecule has 3 N–H and O–H groups in total. The third kappa shape index (κ3) is 6.88. The number of hydrogen-bond acceptors (Lipinski definition) is 6. The highest BCUT2D eigenvalue weighted by Crippen LogP contribution is 2.15. The number of benzene rings is 2. The van der Waals surface area contributed by atoms with Crippen molar-refractivity contribution in [1.29, 1.82) is 0 Å². The normalized spacial score (nSPS) is 11.3. The molecule has 0 bridgehead atoms. The van der Waals surface area contributed by atoms with Crippen LogP contribution in [-0.4, -0.2) is 51.4 Å². The summed E-state index contributed by atoms with van der Waals surface area (Å²) in [5.41, 5.74) is 2.69. The summed E-state index contributed by atoms with van der Waals surface area (Å²) in [5.74, 6) is -0.260. The van der Waals surface area contributed by atoms with Gasteiger partial charge < -0.3 is 15.5 Å². The molecule has 0 spiro atoms. The fraction of sp³-hybridized carbons (Fsp3) is 0.217. The molecule has 0 saturated heterocycles. The lowest BCUT2D eigenvalue weighted by Crippen LogP contribution is -2.23. The van der Waals surface area contributed by atoms with Gasteiger partial charge in [0, 0.05) is 37.1 Å². The minimum Gasteiger partial charge on any atom is -0.384 e. The SMILES string of the molecule is CN(C)CCNc1ccc(S(=O)(=O)NCc2ccc(C(=O)Nc3cccnc3)cc2)cc1. The molecule has 0 atom stereocenters. The molecular formula is C23H27N5O3S. The lowest BCUT2D eigenvalue weighted by Gasteiger charge is -2.12. The molecule has 9 heteroatoms. The first-order chi connectivity index (χ1) is 15.3. The summed E-state index contributed by atoms with van der Waals surface area (Å²) in [4.78, 5) is 18.5. The van der Waals surface area contributed by atoms with Crippen molar-refractivity contribution in [3.05, 3.63) is 84.2 Å². The first-order valence-electron chi connectivity index (χ1n) is 10.1. The zero-order valence-electron chi connectivity index (χ0n) is 18.1. The Kier molecular flexibility index (Phi) is 7.93. The van der Waals surface area contributed by atoms with Crippen molar-refractivity contribution < 1.29 is 13.2 Å². The number of carbonyl (C=O) groups is 1. The van der Waals surface area contributed by atoms with Crippen LogP contribution in [0.25, 0.3) is 0 Å². The minimum atomic E-state index is -3.65. The monoisotopic (exact) mass is 453 g/mol. The van der Waals surface area contributed by atoms with E-state index in [1.165, 1.54) is 0 Å². The Hall–Kier alpha value is -3.27. The van der Waals surface area contributed by atoms with Gasteiger partial charge in [-0.1, -0.05) is 12.1 Å². The topological polar surface area (TPSA) is 103 Å². The first kappa shape index (κ1) is 23.4. The minimum absolute atomic E-state index is 0.121. The Morgan fingerprint density at radius 3 is 2.31 bits per heavy atom. The van der Waals surface area contributed by atoms with E-state index < -0.39 is 10.0 Å². The second-order valence-electron chi connectivity index (χ2n) is 7.47. The Morgan fingerprint density at radius 1 is 0.969 bits per heavy atom. The second-order valence-corrected chi connectivity index (χ2v) is 9.24. The van der Waals surface area contributed by atoms with E-state index in [0.717, 1.165) is 24.3 Å². The van der Waals surface area contributed by atoms with Gasteiger partial charge in [0.05, 0.1) is 16.8 Å². The molecule has 32 heavy (non-hydrogen) atoms. The summed E-state index contributed by atoms with van der Waals surface area (Å²) in [5, 5.41) is 6.01. The number of anilines is 2. The van der Waals surface area contributed by atoms with Crippen LogP contribution in [0.4, 0.5) is 11.4 Å². The van der Waals surface area contributed by atoms with Crippen molar-refractivity contribution in [2.75, 3.05) is 37.8 Å². The number of aromatic nitrogens is 1. The van der Waals surface area contributed by atoms with Crippen LogP contribution < -0.4 is 15.4 Å². The molecule has 0 aliphatic carbocycles. The van der Waals surface area contributed by atoms with Crippen LogP contribution in [0.1, 0.15) is 15.9 Å². The van der Waals surface area contributed by atoms with E-state index in [4.69, 9.17) is 0 Å². The standard InChI is InChI=1S/C23H27N5O3S/c1-28(2)15-14-25-20-9-11-22(12-10-20)32(30,31)26-16-18-5-7-19(8-6-18)23(29)27-21-4-3-13-24-17-21/h3-13,17,25-26H,14-16H2,1-2H3,(H,27,29). The van der Waals surface area contributed by atoms with E-state index in [2.05, 4.69) is 25.2 Å². The molecule has 0 radical (unpaired) electrons. The highest BCUT2D eigenvalue weighted by molar-refractivity contribution is 7.89. The maximum Gasteiger partial charge on any atom is 0.255 e. The Labute approximate surface area is 188 Å². The Morgan fingerprint density at radius 2 is 1.69 bits per heavy atom. The number of rotatable bonds is 10. The van der Waals surface area contributed by atoms with Gasteiger partial charge in [0.2, 0.25) is 10.0 Å². The summed E-state index contributed by atoms with van der Waals surface area (Å²) in [6.07, 6.45) is 3.19. The molecule has 1 heterocycles. The smallest absolute Gasteiger partial charge is 0.255 e. The fourth-order valence-corrected chi connectivity index (χ4v) is 3.87. The Bertz CT molecular complexity index is 1120. The Balaban J connectivity index is 1.54. The molecule has 3 rings (SSSR count). The zero-order chi connectivity index (χ0) is 23.0. The number of hydrogen-bond donors (Lipinski definition) is 3. The number of sulfonamides is 1. The second kappa shape index (κ2) is 10.9. The molecule has 1 amide bonds. The predicted molar refractivity (Wildman–Crippen MR) is 126 cm³/mol. The van der Waals surface area contributed by atoms with E-state index in [-0.39, 0.29) is 17.3 Å². The largest absolute Gasteiger partial charge is 0.384 e. The average molecular weight is 454 g/mol. The molecular weight excluding hydrogens is 426 g/mol. The summed E-state index contributed by atoms with van der Waals surface area (Å²) in [6, 6.07) is 16.9. The number of carbonyl (C=O) groups excluding carboxylic acids is 1. The maximum atomic E-state index is 12.6. The fourth-order valence-electron chi connectivity index (χ4n) is 2.85. The molecule has 3 aromatic rings. The van der Waals surface area contributed by atoms with Crippen molar-refractivity contribution in [3.63, 3.8) is 0 Å². The molecule has 2 aromatic carbocycles. The van der Waals surface area contributed by atoms with Crippen LogP contribution in [0.15, 0.2) is 78.0 Å². The van der Waals surface area contributed by atoms with E-state index in [0.29, 0.717) is 11.3 Å². The first-order valence-corrected chi connectivity index (χ1v) is 11.6. The van der Waals surface area contributed by atoms with Gasteiger partial charge in [0.25, 0.3) is 5.91 Å². The molecule has 0 aliphatic heterocycles. The average Bonchev–Trinajstić information content (AvgIpc) is 2.79. The third-order valence-corrected chi connectivity index (χ3v) is 6.07. The quantitative estimate of drug-likeness (QED) is 0.436. The molecule has 0 fully saturated rings. The summed E-state index contributed by atoms with van der Waals surface area (Å²) < 4.78 is 27.8. The van der Waals surface area contributed by atoms with Gasteiger partial charge in [-0.15, -0.1) is 0 Å². The van der Waals surface area contributed by atoms with Crippen LogP contribution in [0, 0.1) is 0 Å². The van der Waals surface area contributed by atoms with Crippen LogP contribution in [0.3, 0.4) is 0 Å². The number of amides is 1. The van der Waals surface area contributed by atoms with Crippen LogP contribution in [0.5, 0.6) is 0 Å². The zero-order valence-corrected chi connectivity index (χ0v) is 18.9. The molecule has 1 aromatic heterocycles. The lowest BCUT2D eigenvalue weighted by atomic mass is 10.1. The van der Waals surface area contributed by atoms with Crippen molar-refractivity contribution in [2.24, 2.45) is 0 Å². The number of nitrogens with zero attached hydrogens (tertiary/aromatic N) is 2. The van der Waals surface area contributed by atoms with E-state index >= 15 is 0 Å². The summed E-state index contributed by atoms with van der Waals surface area (Å²) >= 11 is 0. The summed E-state index contributed by atoms with van der Waals surface area (Å²) in [6.45, 7) is 1.77. The van der Waals surface area contributed by atoms with E-state index in [1.807, 2.05) is 14.1 Å². The highest BCUT2D eigenvalue weighted by Gasteiger charge is 2.14. The van der Waals surface area contributed by atoms with Gasteiger partial charge in [-0.25, -0.2) is 13.1 Å². The van der Waals surface area contributed by atoms with Gasteiger partial charge in [-0.3, -0.25) is 9.78 Å². The van der Waals surface area contributed by atoms with Crippen molar-refractivity contribution in [3.8, 4) is 0 Å². The van der Waals surface area contributed by atoms with Gasteiger partial charge in [-0.2, -0.15) is 0 Å². The van der Waals surface area contributed by atoms with E-state index in [1.54, 1.807) is 73.1 Å². The highest BCUT2D eigenvalue weighted by atomic mass is 32.2. The maximum absolute atomic E-state index is 12.6. The van der Waals surface area contributed by atoms with E-state index in [9.17, 15) is 13.2 Å².